The first-order valence-electron chi connectivity index (χ1n) is 13.2. The molecule has 6 heteroatoms. The van der Waals surface area contributed by atoms with Crippen molar-refractivity contribution in [2.75, 3.05) is 32.7 Å². The highest BCUT2D eigenvalue weighted by molar-refractivity contribution is 5.83. The number of hydrogen-bond acceptors (Lipinski definition) is 4. The van der Waals surface area contributed by atoms with Crippen LogP contribution in [0.5, 0.6) is 0 Å². The second kappa shape index (κ2) is 10.3. The summed E-state index contributed by atoms with van der Waals surface area (Å²) < 4.78 is 1.88. The number of nitrogens with one attached hydrogen (secondary N) is 1. The van der Waals surface area contributed by atoms with Crippen LogP contribution in [-0.4, -0.2) is 62.3 Å². The van der Waals surface area contributed by atoms with Gasteiger partial charge in [0.1, 0.15) is 12.7 Å². The van der Waals surface area contributed by atoms with Gasteiger partial charge in [-0.15, -0.1) is 0 Å². The molecule has 0 radical (unpaired) electrons. The molecular weight excluding hydrogens is 432 g/mol. The van der Waals surface area contributed by atoms with Gasteiger partial charge in [-0.05, 0) is 73.5 Å². The number of aromatic amines is 1. The molecule has 2 aromatic heterocycles. The van der Waals surface area contributed by atoms with E-state index >= 15 is 0 Å². The van der Waals surface area contributed by atoms with Gasteiger partial charge in [-0.3, -0.25) is 4.90 Å². The SMILES string of the molecule is c1ccc(C2CCCCN2C[C@@H]2CCN(CCc3c[nH]c4ccc(Cn5cncn5)cc34)C2)cc1. The van der Waals surface area contributed by atoms with Crippen LogP contribution in [0, 0.1) is 5.92 Å². The molecule has 2 aliphatic heterocycles. The number of hydrogen-bond donors (Lipinski definition) is 1. The Bertz CT molecular complexity index is 1210. The predicted molar refractivity (Wildman–Crippen MR) is 140 cm³/mol. The number of aromatic nitrogens is 4. The van der Waals surface area contributed by atoms with Gasteiger partial charge in [0.15, 0.2) is 0 Å². The van der Waals surface area contributed by atoms with Crippen LogP contribution in [0.2, 0.25) is 0 Å². The molecule has 2 fully saturated rings. The average molecular weight is 469 g/mol. The fraction of sp³-hybridized carbons (Fsp3) is 0.448. The smallest absolute Gasteiger partial charge is 0.137 e. The number of rotatable bonds is 8. The Balaban J connectivity index is 1.05. The van der Waals surface area contributed by atoms with E-state index in [2.05, 4.69) is 79.6 Å². The second-order valence-electron chi connectivity index (χ2n) is 10.4. The summed E-state index contributed by atoms with van der Waals surface area (Å²) in [5, 5.41) is 5.59. The van der Waals surface area contributed by atoms with E-state index in [9.17, 15) is 0 Å². The fourth-order valence-corrected chi connectivity index (χ4v) is 6.17. The van der Waals surface area contributed by atoms with Gasteiger partial charge < -0.3 is 9.88 Å². The summed E-state index contributed by atoms with van der Waals surface area (Å²) in [6.45, 7) is 6.86. The lowest BCUT2D eigenvalue weighted by molar-refractivity contribution is 0.125. The molecule has 0 saturated carbocycles. The van der Waals surface area contributed by atoms with E-state index in [-0.39, 0.29) is 0 Å². The first-order valence-corrected chi connectivity index (χ1v) is 13.2. The largest absolute Gasteiger partial charge is 0.361 e. The molecule has 2 aliphatic rings. The summed E-state index contributed by atoms with van der Waals surface area (Å²) >= 11 is 0. The predicted octanol–water partition coefficient (Wildman–Crippen LogP) is 4.90. The first kappa shape index (κ1) is 22.5. The van der Waals surface area contributed by atoms with Crippen molar-refractivity contribution < 1.29 is 0 Å². The Kier molecular flexibility index (Phi) is 6.65. The maximum atomic E-state index is 4.25. The molecular formula is C29H36N6. The number of piperidine rings is 1. The molecule has 0 bridgehead atoms. The lowest BCUT2D eigenvalue weighted by Crippen LogP contribution is -2.38. The normalized spacial score (nSPS) is 21.7. The highest BCUT2D eigenvalue weighted by Crippen LogP contribution is 2.32. The standard InChI is InChI=1S/C29H36N6/c1-2-6-25(7-3-1)29-8-4-5-13-34(29)19-24-11-14-33(18-24)15-12-26-17-31-28-10-9-23(16-27(26)28)20-35-22-30-21-32-35/h1-3,6-7,9-10,16-17,21-22,24,29,31H,4-5,8,11-15,18-20H2/t24-,29?/m1/s1. The van der Waals surface area contributed by atoms with Crippen LogP contribution in [0.4, 0.5) is 0 Å². The van der Waals surface area contributed by atoms with Crippen molar-refractivity contribution in [3.63, 3.8) is 0 Å². The van der Waals surface area contributed by atoms with Crippen molar-refractivity contribution in [3.05, 3.63) is 84.1 Å². The van der Waals surface area contributed by atoms with Gasteiger partial charge in [0.25, 0.3) is 0 Å². The lowest BCUT2D eigenvalue weighted by atomic mass is 9.94. The van der Waals surface area contributed by atoms with Crippen molar-refractivity contribution >= 4 is 10.9 Å². The topological polar surface area (TPSA) is 53.0 Å². The zero-order chi connectivity index (χ0) is 23.5. The van der Waals surface area contributed by atoms with Crippen LogP contribution in [0.15, 0.2) is 67.4 Å². The van der Waals surface area contributed by atoms with Crippen LogP contribution in [0.3, 0.4) is 0 Å². The highest BCUT2D eigenvalue weighted by Gasteiger charge is 2.29. The Morgan fingerprint density at radius 2 is 1.94 bits per heavy atom. The summed E-state index contributed by atoms with van der Waals surface area (Å²) in [5.74, 6) is 0.788. The molecule has 0 spiro atoms. The Hall–Kier alpha value is -2.96. The van der Waals surface area contributed by atoms with Gasteiger partial charge in [0.2, 0.25) is 0 Å². The first-order chi connectivity index (χ1) is 17.3. The molecule has 2 aromatic carbocycles. The molecule has 2 atom stereocenters. The summed E-state index contributed by atoms with van der Waals surface area (Å²) in [6, 6.07) is 18.5. The van der Waals surface area contributed by atoms with E-state index in [0.717, 1.165) is 25.4 Å². The van der Waals surface area contributed by atoms with Crippen molar-refractivity contribution in [1.82, 2.24) is 29.5 Å². The molecule has 4 heterocycles. The number of nitrogens with zero attached hydrogens (tertiary/aromatic N) is 5. The van der Waals surface area contributed by atoms with Gasteiger partial charge in [-0.2, -0.15) is 5.10 Å². The van der Waals surface area contributed by atoms with Gasteiger partial charge in [-0.1, -0.05) is 42.8 Å². The molecule has 1 unspecified atom stereocenters. The summed E-state index contributed by atoms with van der Waals surface area (Å²) in [6.07, 6.45) is 12.0. The molecule has 2 saturated heterocycles. The van der Waals surface area contributed by atoms with E-state index in [1.54, 1.807) is 12.7 Å². The van der Waals surface area contributed by atoms with E-state index in [0.29, 0.717) is 6.04 Å². The number of likely N-dealkylation sites (tertiary alicyclic amines) is 2. The van der Waals surface area contributed by atoms with Crippen LogP contribution < -0.4 is 0 Å². The van der Waals surface area contributed by atoms with Crippen LogP contribution in [0.25, 0.3) is 10.9 Å². The summed E-state index contributed by atoms with van der Waals surface area (Å²) in [5.41, 5.74) is 5.41. The quantitative estimate of drug-likeness (QED) is 0.400. The van der Waals surface area contributed by atoms with Crippen LogP contribution in [0.1, 0.15) is 48.4 Å². The van der Waals surface area contributed by atoms with E-state index < -0.39 is 0 Å². The third-order valence-corrected chi connectivity index (χ3v) is 8.00. The minimum Gasteiger partial charge on any atom is -0.361 e. The molecule has 4 aromatic rings. The lowest BCUT2D eigenvalue weighted by Gasteiger charge is -2.37. The molecule has 0 amide bonds. The van der Waals surface area contributed by atoms with Gasteiger partial charge in [0, 0.05) is 42.8 Å². The van der Waals surface area contributed by atoms with Gasteiger partial charge in [-0.25, -0.2) is 9.67 Å². The average Bonchev–Trinajstić information content (AvgIpc) is 3.66. The fourth-order valence-electron chi connectivity index (χ4n) is 6.17. The molecule has 0 aliphatic carbocycles. The molecule has 35 heavy (non-hydrogen) atoms. The second-order valence-corrected chi connectivity index (χ2v) is 10.4. The Morgan fingerprint density at radius 1 is 1.00 bits per heavy atom. The Morgan fingerprint density at radius 3 is 2.83 bits per heavy atom. The van der Waals surface area contributed by atoms with Crippen LogP contribution >= 0.6 is 0 Å². The molecule has 6 nitrogen and oxygen atoms in total. The molecule has 6 rings (SSSR count). The van der Waals surface area contributed by atoms with Crippen molar-refractivity contribution in [2.45, 2.75) is 44.7 Å². The van der Waals surface area contributed by atoms with E-state index in [1.807, 2.05) is 4.68 Å². The number of benzene rings is 2. The zero-order valence-corrected chi connectivity index (χ0v) is 20.5. The van der Waals surface area contributed by atoms with Gasteiger partial charge in [0.05, 0.1) is 6.54 Å². The monoisotopic (exact) mass is 468 g/mol. The van der Waals surface area contributed by atoms with E-state index in [1.165, 1.54) is 79.5 Å². The molecule has 1 N–H and O–H groups in total. The Labute approximate surface area is 208 Å². The summed E-state index contributed by atoms with van der Waals surface area (Å²) in [4.78, 5) is 13.0. The number of H-pyrrole nitrogens is 1. The third kappa shape index (κ3) is 5.19. The third-order valence-electron chi connectivity index (χ3n) is 8.00. The van der Waals surface area contributed by atoms with Crippen molar-refractivity contribution in [2.24, 2.45) is 5.92 Å². The highest BCUT2D eigenvalue weighted by atomic mass is 15.3. The minimum atomic E-state index is 0.608. The van der Waals surface area contributed by atoms with Crippen molar-refractivity contribution in [1.29, 1.82) is 0 Å². The maximum Gasteiger partial charge on any atom is 0.137 e. The van der Waals surface area contributed by atoms with Crippen molar-refractivity contribution in [3.8, 4) is 0 Å². The number of fused-ring (bicyclic) bond motifs is 1. The van der Waals surface area contributed by atoms with E-state index in [4.69, 9.17) is 0 Å². The maximum absolute atomic E-state index is 4.25. The van der Waals surface area contributed by atoms with Crippen LogP contribution in [-0.2, 0) is 13.0 Å². The molecule has 182 valence electrons. The zero-order valence-electron chi connectivity index (χ0n) is 20.5. The minimum absolute atomic E-state index is 0.608. The van der Waals surface area contributed by atoms with Gasteiger partial charge >= 0.3 is 0 Å². The summed E-state index contributed by atoms with van der Waals surface area (Å²) in [7, 11) is 0.